The average molecular weight is 303 g/mol. The Morgan fingerprint density at radius 1 is 1.50 bits per heavy atom. The lowest BCUT2D eigenvalue weighted by atomic mass is 10.2. The third-order valence-corrected chi connectivity index (χ3v) is 4.55. The van der Waals surface area contributed by atoms with Crippen LogP contribution in [0.1, 0.15) is 5.56 Å². The molecule has 20 heavy (non-hydrogen) atoms. The van der Waals surface area contributed by atoms with Crippen molar-refractivity contribution in [3.63, 3.8) is 0 Å². The van der Waals surface area contributed by atoms with Crippen molar-refractivity contribution >= 4 is 10.0 Å². The summed E-state index contributed by atoms with van der Waals surface area (Å²) >= 11 is 0. The molecule has 0 unspecified atom stereocenters. The van der Waals surface area contributed by atoms with E-state index in [1.165, 1.54) is 19.3 Å². The molecular weight excluding hydrogens is 285 g/mol. The van der Waals surface area contributed by atoms with Gasteiger partial charge in [-0.1, -0.05) is 12.1 Å². The Kier molecular flexibility index (Phi) is 6.28. The van der Waals surface area contributed by atoms with E-state index in [2.05, 4.69) is 6.58 Å². The van der Waals surface area contributed by atoms with Crippen LogP contribution >= 0.6 is 0 Å². The summed E-state index contributed by atoms with van der Waals surface area (Å²) in [6, 6.07) is 3.50. The fraction of sp³-hybridized carbons (Fsp3) is 0.385. The molecule has 1 aromatic carbocycles. The maximum atomic E-state index is 13.8. The molecule has 5 nitrogen and oxygen atoms in total. The molecule has 0 saturated carbocycles. The summed E-state index contributed by atoms with van der Waals surface area (Å²) in [6.45, 7) is 3.46. The van der Waals surface area contributed by atoms with Crippen LogP contribution in [0.4, 0.5) is 4.39 Å². The largest absolute Gasteiger partial charge is 0.392 e. The molecule has 0 aliphatic rings. The first-order valence-corrected chi connectivity index (χ1v) is 7.40. The summed E-state index contributed by atoms with van der Waals surface area (Å²) < 4.78 is 44.5. The minimum atomic E-state index is -4.00. The van der Waals surface area contributed by atoms with Gasteiger partial charge in [0.15, 0.2) is 0 Å². The van der Waals surface area contributed by atoms with E-state index in [1.54, 1.807) is 0 Å². The van der Waals surface area contributed by atoms with Crippen molar-refractivity contribution in [3.8, 4) is 0 Å². The number of sulfonamides is 1. The quantitative estimate of drug-likeness (QED) is 0.731. The third-order valence-electron chi connectivity index (χ3n) is 2.67. The highest BCUT2D eigenvalue weighted by Crippen LogP contribution is 2.21. The number of rotatable bonds is 8. The maximum Gasteiger partial charge on any atom is 0.246 e. The Balaban J connectivity index is 3.20. The topological polar surface area (TPSA) is 66.8 Å². The van der Waals surface area contributed by atoms with Gasteiger partial charge in [0, 0.05) is 20.2 Å². The first kappa shape index (κ1) is 16.8. The van der Waals surface area contributed by atoms with Crippen molar-refractivity contribution in [1.29, 1.82) is 0 Å². The maximum absolute atomic E-state index is 13.8. The molecular formula is C13H18FNO4S. The molecule has 1 N–H and O–H groups in total. The minimum absolute atomic E-state index is 0.0501. The van der Waals surface area contributed by atoms with E-state index in [4.69, 9.17) is 9.84 Å². The Bertz CT molecular complexity index is 559. The predicted molar refractivity (Wildman–Crippen MR) is 73.2 cm³/mol. The van der Waals surface area contributed by atoms with E-state index in [9.17, 15) is 12.8 Å². The van der Waals surface area contributed by atoms with Crippen LogP contribution in [0.5, 0.6) is 0 Å². The van der Waals surface area contributed by atoms with E-state index in [0.29, 0.717) is 5.56 Å². The number of aliphatic hydroxyl groups is 1. The molecule has 1 aromatic rings. The van der Waals surface area contributed by atoms with Crippen molar-refractivity contribution in [3.05, 3.63) is 42.2 Å². The van der Waals surface area contributed by atoms with Gasteiger partial charge in [-0.2, -0.15) is 4.31 Å². The lowest BCUT2D eigenvalue weighted by molar-refractivity contribution is 0.182. The Labute approximate surface area is 118 Å². The number of methoxy groups -OCH3 is 1. The zero-order valence-corrected chi connectivity index (χ0v) is 12.1. The minimum Gasteiger partial charge on any atom is -0.392 e. The van der Waals surface area contributed by atoms with Crippen LogP contribution < -0.4 is 0 Å². The van der Waals surface area contributed by atoms with Gasteiger partial charge in [-0.15, -0.1) is 6.58 Å². The molecule has 0 bridgehead atoms. The zero-order valence-electron chi connectivity index (χ0n) is 11.3. The summed E-state index contributed by atoms with van der Waals surface area (Å²) in [6.07, 6.45) is 1.42. The van der Waals surface area contributed by atoms with Crippen molar-refractivity contribution < 1.29 is 22.7 Å². The van der Waals surface area contributed by atoms with E-state index < -0.39 is 20.7 Å². The molecule has 0 radical (unpaired) electrons. The Hall–Kier alpha value is -1.28. The number of nitrogens with zero attached hydrogens (tertiary/aromatic N) is 1. The molecule has 0 saturated heterocycles. The van der Waals surface area contributed by atoms with Crippen molar-refractivity contribution in [2.24, 2.45) is 0 Å². The van der Waals surface area contributed by atoms with Gasteiger partial charge in [0.05, 0.1) is 13.2 Å². The molecule has 1 rings (SSSR count). The summed E-state index contributed by atoms with van der Waals surface area (Å²) in [7, 11) is -2.55. The molecule has 0 aliphatic heterocycles. The van der Waals surface area contributed by atoms with Crippen LogP contribution in [0.15, 0.2) is 35.7 Å². The van der Waals surface area contributed by atoms with Crippen LogP contribution in [0.2, 0.25) is 0 Å². The van der Waals surface area contributed by atoms with Crippen LogP contribution in [0.3, 0.4) is 0 Å². The molecule has 0 heterocycles. The van der Waals surface area contributed by atoms with Crippen molar-refractivity contribution in [2.75, 3.05) is 26.8 Å². The number of aliphatic hydroxyl groups excluding tert-OH is 1. The van der Waals surface area contributed by atoms with Crippen molar-refractivity contribution in [1.82, 2.24) is 4.31 Å². The Morgan fingerprint density at radius 2 is 2.20 bits per heavy atom. The van der Waals surface area contributed by atoms with Gasteiger partial charge < -0.3 is 9.84 Å². The molecule has 0 aliphatic carbocycles. The van der Waals surface area contributed by atoms with Gasteiger partial charge in [-0.25, -0.2) is 12.8 Å². The highest BCUT2D eigenvalue weighted by molar-refractivity contribution is 7.89. The number of halogens is 1. The van der Waals surface area contributed by atoms with Gasteiger partial charge in [0.1, 0.15) is 10.7 Å². The molecule has 112 valence electrons. The van der Waals surface area contributed by atoms with Crippen LogP contribution in [0, 0.1) is 5.82 Å². The van der Waals surface area contributed by atoms with E-state index >= 15 is 0 Å². The van der Waals surface area contributed by atoms with Gasteiger partial charge >= 0.3 is 0 Å². The lowest BCUT2D eigenvalue weighted by Gasteiger charge is -2.21. The second kappa shape index (κ2) is 7.49. The Morgan fingerprint density at radius 3 is 2.75 bits per heavy atom. The summed E-state index contributed by atoms with van der Waals surface area (Å²) in [5.41, 5.74) is 0.329. The summed E-state index contributed by atoms with van der Waals surface area (Å²) in [4.78, 5) is -0.456. The predicted octanol–water partition coefficient (Wildman–Crippen LogP) is 1.14. The van der Waals surface area contributed by atoms with E-state index in [0.717, 1.165) is 16.4 Å². The average Bonchev–Trinajstić information content (AvgIpc) is 2.43. The van der Waals surface area contributed by atoms with Crippen molar-refractivity contribution in [2.45, 2.75) is 11.5 Å². The zero-order chi connectivity index (χ0) is 15.2. The van der Waals surface area contributed by atoms with E-state index in [1.807, 2.05) is 0 Å². The smallest absolute Gasteiger partial charge is 0.246 e. The second-order valence-electron chi connectivity index (χ2n) is 4.07. The van der Waals surface area contributed by atoms with Gasteiger partial charge in [0.25, 0.3) is 0 Å². The number of hydrogen-bond donors (Lipinski definition) is 1. The van der Waals surface area contributed by atoms with Crippen LogP contribution in [0.25, 0.3) is 0 Å². The van der Waals surface area contributed by atoms with Gasteiger partial charge in [0.2, 0.25) is 10.0 Å². The number of benzene rings is 1. The normalized spacial score (nSPS) is 11.8. The SMILES string of the molecule is C=CCN(CCOC)S(=O)(=O)c1cc(CO)ccc1F. The van der Waals surface area contributed by atoms with E-state index in [-0.39, 0.29) is 26.3 Å². The summed E-state index contributed by atoms with van der Waals surface area (Å²) in [5.74, 6) is -0.853. The highest BCUT2D eigenvalue weighted by atomic mass is 32.2. The van der Waals surface area contributed by atoms with Crippen LogP contribution in [-0.2, 0) is 21.4 Å². The second-order valence-corrected chi connectivity index (χ2v) is 5.97. The first-order valence-electron chi connectivity index (χ1n) is 5.96. The molecule has 0 aromatic heterocycles. The first-order chi connectivity index (χ1) is 9.47. The monoisotopic (exact) mass is 303 g/mol. The van der Waals surface area contributed by atoms with Crippen LogP contribution in [-0.4, -0.2) is 44.6 Å². The molecule has 0 amide bonds. The summed E-state index contributed by atoms with van der Waals surface area (Å²) in [5, 5.41) is 9.04. The molecule has 0 atom stereocenters. The molecule has 0 spiro atoms. The number of hydrogen-bond acceptors (Lipinski definition) is 4. The van der Waals surface area contributed by atoms with Gasteiger partial charge in [-0.05, 0) is 17.7 Å². The van der Waals surface area contributed by atoms with Gasteiger partial charge in [-0.3, -0.25) is 0 Å². The fourth-order valence-corrected chi connectivity index (χ4v) is 3.14. The molecule has 7 heteroatoms. The number of ether oxygens (including phenoxy) is 1. The standard InChI is InChI=1S/C13H18FNO4S/c1-3-6-15(7-8-19-2)20(17,18)13-9-11(10-16)4-5-12(13)14/h3-5,9,16H,1,6-8,10H2,2H3. The third kappa shape index (κ3) is 3.86. The lowest BCUT2D eigenvalue weighted by Crippen LogP contribution is -2.34. The highest BCUT2D eigenvalue weighted by Gasteiger charge is 2.26. The molecule has 0 fully saturated rings. The fourth-order valence-electron chi connectivity index (χ4n) is 1.63.